The Bertz CT molecular complexity index is 1030. The molecule has 0 bridgehead atoms. The first-order valence-electron chi connectivity index (χ1n) is 8.82. The highest BCUT2D eigenvalue weighted by Crippen LogP contribution is 2.19. The van der Waals surface area contributed by atoms with Gasteiger partial charge in [-0.1, -0.05) is 13.0 Å². The quantitative estimate of drug-likeness (QED) is 0.629. The maximum Gasteiger partial charge on any atom is 0.255 e. The van der Waals surface area contributed by atoms with Crippen LogP contribution < -0.4 is 10.1 Å². The molecule has 7 nitrogen and oxygen atoms in total. The van der Waals surface area contributed by atoms with Crippen LogP contribution >= 0.6 is 0 Å². The molecule has 3 rings (SSSR count). The Hall–Kier alpha value is -3.13. The number of carbonyl (C=O) groups excluding carboxylic acids is 1. The third-order valence-corrected chi connectivity index (χ3v) is 5.85. The van der Waals surface area contributed by atoms with Crippen molar-refractivity contribution in [2.24, 2.45) is 0 Å². The summed E-state index contributed by atoms with van der Waals surface area (Å²) in [5, 5.41) is 6.90. The minimum atomic E-state index is -3.28. The van der Waals surface area contributed by atoms with E-state index in [1.54, 1.807) is 36.0 Å². The minimum absolute atomic E-state index is 0.0196. The smallest absolute Gasteiger partial charge is 0.255 e. The van der Waals surface area contributed by atoms with Gasteiger partial charge in [0.2, 0.25) is 0 Å². The normalized spacial score (nSPS) is 11.2. The number of aromatic nitrogens is 2. The molecule has 0 aliphatic heterocycles. The molecule has 0 fully saturated rings. The molecule has 0 saturated carbocycles. The van der Waals surface area contributed by atoms with E-state index in [0.717, 1.165) is 0 Å². The van der Waals surface area contributed by atoms with Gasteiger partial charge in [-0.05, 0) is 42.5 Å². The van der Waals surface area contributed by atoms with E-state index in [1.165, 1.54) is 24.3 Å². The highest BCUT2D eigenvalue weighted by Gasteiger charge is 2.13. The van der Waals surface area contributed by atoms with Crippen LogP contribution in [0.15, 0.2) is 71.9 Å². The molecule has 1 amide bonds. The van der Waals surface area contributed by atoms with E-state index in [4.69, 9.17) is 4.74 Å². The second kappa shape index (κ2) is 8.71. The Morgan fingerprint density at radius 1 is 1.14 bits per heavy atom. The fourth-order valence-corrected chi connectivity index (χ4v) is 3.42. The topological polar surface area (TPSA) is 90.3 Å². The number of hydrogen-bond donors (Lipinski definition) is 1. The van der Waals surface area contributed by atoms with Gasteiger partial charge in [0.15, 0.2) is 9.84 Å². The molecule has 0 saturated heterocycles. The molecule has 1 aromatic heterocycles. The van der Waals surface area contributed by atoms with E-state index in [-0.39, 0.29) is 16.6 Å². The number of hydrogen-bond acceptors (Lipinski definition) is 5. The van der Waals surface area contributed by atoms with Gasteiger partial charge < -0.3 is 10.1 Å². The average molecular weight is 399 g/mol. The Kier molecular flexibility index (Phi) is 6.10. The lowest BCUT2D eigenvalue weighted by Crippen LogP contribution is -2.13. The summed E-state index contributed by atoms with van der Waals surface area (Å²) < 4.78 is 31.2. The molecular formula is C20H21N3O4S. The van der Waals surface area contributed by atoms with E-state index < -0.39 is 9.84 Å². The van der Waals surface area contributed by atoms with Crippen molar-refractivity contribution in [3.8, 4) is 5.75 Å². The zero-order valence-corrected chi connectivity index (χ0v) is 16.2. The zero-order valence-electron chi connectivity index (χ0n) is 15.4. The molecule has 0 unspecified atom stereocenters. The molecular weight excluding hydrogens is 378 g/mol. The van der Waals surface area contributed by atoms with E-state index in [1.807, 2.05) is 18.3 Å². The summed E-state index contributed by atoms with van der Waals surface area (Å²) in [6, 6.07) is 14.8. The molecule has 0 aliphatic carbocycles. The van der Waals surface area contributed by atoms with E-state index in [9.17, 15) is 13.2 Å². The third-order valence-electron chi connectivity index (χ3n) is 4.10. The SMILES string of the molecule is CCS(=O)(=O)c1ccc(C(=O)Nc2cccc(OCCn3cccn3)c2)cc1. The summed E-state index contributed by atoms with van der Waals surface area (Å²) in [5.74, 6) is 0.328. The highest BCUT2D eigenvalue weighted by atomic mass is 32.2. The molecule has 2 aromatic carbocycles. The van der Waals surface area contributed by atoms with E-state index in [2.05, 4.69) is 10.4 Å². The van der Waals surface area contributed by atoms with Crippen molar-refractivity contribution in [3.63, 3.8) is 0 Å². The summed E-state index contributed by atoms with van der Waals surface area (Å²) in [4.78, 5) is 12.6. The Morgan fingerprint density at radius 3 is 2.61 bits per heavy atom. The standard InChI is InChI=1S/C20H21N3O4S/c1-2-28(25,26)19-9-7-16(8-10-19)20(24)22-17-5-3-6-18(15-17)27-14-13-23-12-4-11-21-23/h3-12,15H,2,13-14H2,1H3,(H,22,24). The maximum atomic E-state index is 12.4. The van der Waals surface area contributed by atoms with Gasteiger partial charge >= 0.3 is 0 Å². The van der Waals surface area contributed by atoms with Crippen LogP contribution in [0.5, 0.6) is 5.75 Å². The molecule has 0 atom stereocenters. The van der Waals surface area contributed by atoms with Crippen LogP contribution in [0.1, 0.15) is 17.3 Å². The van der Waals surface area contributed by atoms with Gasteiger partial charge in [-0.15, -0.1) is 0 Å². The van der Waals surface area contributed by atoms with Crippen LogP contribution in [0, 0.1) is 0 Å². The van der Waals surface area contributed by atoms with Crippen molar-refractivity contribution in [2.75, 3.05) is 17.7 Å². The van der Waals surface area contributed by atoms with E-state index >= 15 is 0 Å². The van der Waals surface area contributed by atoms with Gasteiger partial charge in [-0.25, -0.2) is 8.42 Å². The molecule has 0 aliphatic rings. The highest BCUT2D eigenvalue weighted by molar-refractivity contribution is 7.91. The van der Waals surface area contributed by atoms with Crippen molar-refractivity contribution in [1.82, 2.24) is 9.78 Å². The minimum Gasteiger partial charge on any atom is -0.492 e. The van der Waals surface area contributed by atoms with Crippen LogP contribution in [-0.4, -0.2) is 36.5 Å². The van der Waals surface area contributed by atoms with Gasteiger partial charge in [0, 0.05) is 29.7 Å². The van der Waals surface area contributed by atoms with Gasteiger partial charge in [-0.2, -0.15) is 5.10 Å². The molecule has 8 heteroatoms. The number of carbonyl (C=O) groups is 1. The van der Waals surface area contributed by atoms with Crippen molar-refractivity contribution in [3.05, 3.63) is 72.6 Å². The predicted molar refractivity (Wildman–Crippen MR) is 106 cm³/mol. The fraction of sp³-hybridized carbons (Fsp3) is 0.200. The van der Waals surface area contributed by atoms with Crippen LogP contribution in [0.25, 0.3) is 0 Å². The van der Waals surface area contributed by atoms with Crippen LogP contribution in [0.3, 0.4) is 0 Å². The molecule has 0 radical (unpaired) electrons. The zero-order chi connectivity index (χ0) is 20.0. The van der Waals surface area contributed by atoms with Crippen molar-refractivity contribution in [2.45, 2.75) is 18.4 Å². The lowest BCUT2D eigenvalue weighted by Gasteiger charge is -2.10. The summed E-state index contributed by atoms with van der Waals surface area (Å²) >= 11 is 0. The number of nitrogens with one attached hydrogen (secondary N) is 1. The van der Waals surface area contributed by atoms with Crippen molar-refractivity contribution >= 4 is 21.4 Å². The average Bonchev–Trinajstić information content (AvgIpc) is 3.22. The first kappa shape index (κ1) is 19.6. The first-order valence-corrected chi connectivity index (χ1v) is 10.5. The summed E-state index contributed by atoms with van der Waals surface area (Å²) in [6.07, 6.45) is 3.57. The van der Waals surface area contributed by atoms with Crippen LogP contribution in [0.2, 0.25) is 0 Å². The summed E-state index contributed by atoms with van der Waals surface area (Å²) in [6.45, 7) is 2.66. The Balaban J connectivity index is 1.60. The second-order valence-corrected chi connectivity index (χ2v) is 8.31. The number of nitrogens with zero attached hydrogens (tertiary/aromatic N) is 2. The summed E-state index contributed by atoms with van der Waals surface area (Å²) in [7, 11) is -3.28. The lowest BCUT2D eigenvalue weighted by molar-refractivity contribution is 0.102. The number of ether oxygens (including phenoxy) is 1. The molecule has 3 aromatic rings. The van der Waals surface area contributed by atoms with E-state index in [0.29, 0.717) is 30.2 Å². The number of amides is 1. The molecule has 28 heavy (non-hydrogen) atoms. The van der Waals surface area contributed by atoms with Gasteiger partial charge in [0.25, 0.3) is 5.91 Å². The van der Waals surface area contributed by atoms with Crippen molar-refractivity contribution in [1.29, 1.82) is 0 Å². The van der Waals surface area contributed by atoms with Crippen LogP contribution in [0.4, 0.5) is 5.69 Å². The Labute approximate surface area is 163 Å². The molecule has 0 spiro atoms. The maximum absolute atomic E-state index is 12.4. The van der Waals surface area contributed by atoms with Gasteiger partial charge in [0.05, 0.1) is 17.2 Å². The first-order chi connectivity index (χ1) is 13.5. The molecule has 1 heterocycles. The Morgan fingerprint density at radius 2 is 1.93 bits per heavy atom. The van der Waals surface area contributed by atoms with Crippen LogP contribution in [-0.2, 0) is 16.4 Å². The van der Waals surface area contributed by atoms with Gasteiger partial charge in [-0.3, -0.25) is 9.48 Å². The molecule has 1 N–H and O–H groups in total. The number of anilines is 1. The predicted octanol–water partition coefficient (Wildman–Crippen LogP) is 3.01. The third kappa shape index (κ3) is 4.98. The molecule has 146 valence electrons. The monoisotopic (exact) mass is 399 g/mol. The largest absolute Gasteiger partial charge is 0.492 e. The van der Waals surface area contributed by atoms with Crippen molar-refractivity contribution < 1.29 is 17.9 Å². The number of benzene rings is 2. The number of rotatable bonds is 8. The number of sulfone groups is 1. The fourth-order valence-electron chi connectivity index (χ4n) is 2.54. The summed E-state index contributed by atoms with van der Waals surface area (Å²) in [5.41, 5.74) is 0.965. The second-order valence-electron chi connectivity index (χ2n) is 6.03. The lowest BCUT2D eigenvalue weighted by atomic mass is 10.2. The van der Waals surface area contributed by atoms with Gasteiger partial charge in [0.1, 0.15) is 12.4 Å².